The van der Waals surface area contributed by atoms with Crippen molar-refractivity contribution in [3.63, 3.8) is 0 Å². The van der Waals surface area contributed by atoms with Crippen LogP contribution in [0.25, 0.3) is 0 Å². The van der Waals surface area contributed by atoms with Gasteiger partial charge in [-0.25, -0.2) is 9.18 Å². The molecule has 0 aliphatic carbocycles. The number of nitrogens with zero attached hydrogens (tertiary/aromatic N) is 1. The van der Waals surface area contributed by atoms with Crippen molar-refractivity contribution in [3.8, 4) is 5.75 Å². The Bertz CT molecular complexity index is 855. The number of carbonyl (C=O) groups is 2. The van der Waals surface area contributed by atoms with Gasteiger partial charge >= 0.3 is 5.97 Å². The van der Waals surface area contributed by atoms with E-state index in [2.05, 4.69) is 0 Å². The molecule has 0 aliphatic heterocycles. The fourth-order valence-electron chi connectivity index (χ4n) is 2.01. The molecule has 0 spiro atoms. The number of benzene rings is 2. The third-order valence-corrected chi connectivity index (χ3v) is 3.41. The van der Waals surface area contributed by atoms with Crippen LogP contribution in [0, 0.1) is 15.9 Å². The molecule has 0 aliphatic rings. The lowest BCUT2D eigenvalue weighted by Crippen LogP contribution is -2.16. The van der Waals surface area contributed by atoms with Crippen LogP contribution in [0.4, 0.5) is 10.1 Å². The maximum absolute atomic E-state index is 13.3. The van der Waals surface area contributed by atoms with Crippen molar-refractivity contribution in [1.29, 1.82) is 0 Å². The van der Waals surface area contributed by atoms with Crippen molar-refractivity contribution in [3.05, 3.63) is 68.5 Å². The lowest BCUT2D eigenvalue weighted by atomic mass is 10.1. The molecule has 0 amide bonds. The predicted octanol–water partition coefficient (Wildman–Crippen LogP) is 3.44. The SMILES string of the molecule is COc1ccc(F)cc1C(=O)COC(=O)c1ccc(Cl)cc1[N+](=O)[O-]. The zero-order valence-electron chi connectivity index (χ0n) is 12.8. The topological polar surface area (TPSA) is 95.7 Å². The Morgan fingerprint density at radius 3 is 2.56 bits per heavy atom. The number of hydrogen-bond donors (Lipinski definition) is 0. The second-order valence-corrected chi connectivity index (χ2v) is 5.20. The van der Waals surface area contributed by atoms with Crippen molar-refractivity contribution < 1.29 is 28.4 Å². The number of Topliss-reactive ketones (excluding diaryl/α,β-unsaturated/α-hetero) is 1. The Morgan fingerprint density at radius 2 is 1.92 bits per heavy atom. The van der Waals surface area contributed by atoms with Gasteiger partial charge in [0.1, 0.15) is 17.1 Å². The molecule has 0 N–H and O–H groups in total. The summed E-state index contributed by atoms with van der Waals surface area (Å²) in [4.78, 5) is 34.3. The van der Waals surface area contributed by atoms with Gasteiger partial charge in [0.25, 0.3) is 5.69 Å². The molecule has 0 heterocycles. The lowest BCUT2D eigenvalue weighted by Gasteiger charge is -2.08. The minimum atomic E-state index is -1.08. The fraction of sp³-hybridized carbons (Fsp3) is 0.125. The summed E-state index contributed by atoms with van der Waals surface area (Å²) in [6, 6.07) is 6.71. The summed E-state index contributed by atoms with van der Waals surface area (Å²) in [6.07, 6.45) is 0. The number of rotatable bonds is 6. The molecule has 7 nitrogen and oxygen atoms in total. The lowest BCUT2D eigenvalue weighted by molar-refractivity contribution is -0.385. The number of methoxy groups -OCH3 is 1. The average Bonchev–Trinajstić information content (AvgIpc) is 2.59. The maximum atomic E-state index is 13.3. The number of carbonyl (C=O) groups excluding carboxylic acids is 2. The minimum Gasteiger partial charge on any atom is -0.496 e. The third-order valence-electron chi connectivity index (χ3n) is 3.17. The van der Waals surface area contributed by atoms with Gasteiger partial charge in [-0.3, -0.25) is 14.9 Å². The maximum Gasteiger partial charge on any atom is 0.345 e. The third kappa shape index (κ3) is 4.30. The Labute approximate surface area is 146 Å². The number of ketones is 1. The first-order valence-corrected chi connectivity index (χ1v) is 7.19. The molecular weight excluding hydrogens is 357 g/mol. The monoisotopic (exact) mass is 367 g/mol. The number of halogens is 2. The van der Waals surface area contributed by atoms with Crippen molar-refractivity contribution in [2.75, 3.05) is 13.7 Å². The summed E-state index contributed by atoms with van der Waals surface area (Å²) in [5, 5.41) is 11.0. The molecule has 2 rings (SSSR count). The molecular formula is C16H11ClFNO6. The summed E-state index contributed by atoms with van der Waals surface area (Å²) >= 11 is 5.66. The molecule has 0 bridgehead atoms. The summed E-state index contributed by atoms with van der Waals surface area (Å²) in [5.41, 5.74) is -1.01. The van der Waals surface area contributed by atoms with E-state index in [0.717, 1.165) is 24.3 Å². The smallest absolute Gasteiger partial charge is 0.345 e. The number of nitro benzene ring substituents is 1. The van der Waals surface area contributed by atoms with Gasteiger partial charge < -0.3 is 9.47 Å². The van der Waals surface area contributed by atoms with Crippen LogP contribution in [0.15, 0.2) is 36.4 Å². The van der Waals surface area contributed by atoms with E-state index in [1.54, 1.807) is 0 Å². The Morgan fingerprint density at radius 1 is 1.20 bits per heavy atom. The number of nitro groups is 1. The highest BCUT2D eigenvalue weighted by atomic mass is 35.5. The largest absolute Gasteiger partial charge is 0.496 e. The molecule has 0 aromatic heterocycles. The first-order chi connectivity index (χ1) is 11.8. The normalized spacial score (nSPS) is 10.2. The first kappa shape index (κ1) is 18.3. The Kier molecular flexibility index (Phi) is 5.66. The van der Waals surface area contributed by atoms with E-state index in [-0.39, 0.29) is 21.9 Å². The highest BCUT2D eigenvalue weighted by Gasteiger charge is 2.23. The highest BCUT2D eigenvalue weighted by Crippen LogP contribution is 2.24. The fourth-order valence-corrected chi connectivity index (χ4v) is 2.18. The van der Waals surface area contributed by atoms with Gasteiger partial charge in [0, 0.05) is 11.1 Å². The van der Waals surface area contributed by atoms with Gasteiger partial charge in [0.05, 0.1) is 17.6 Å². The molecule has 0 saturated heterocycles. The van der Waals surface area contributed by atoms with Crippen molar-refractivity contribution in [1.82, 2.24) is 0 Å². The molecule has 0 saturated carbocycles. The Balaban J connectivity index is 2.17. The number of ether oxygens (including phenoxy) is 2. The quantitative estimate of drug-likeness (QED) is 0.336. The second kappa shape index (κ2) is 7.71. The number of hydrogen-bond acceptors (Lipinski definition) is 6. The molecule has 25 heavy (non-hydrogen) atoms. The van der Waals surface area contributed by atoms with Crippen molar-refractivity contribution >= 4 is 29.0 Å². The van der Waals surface area contributed by atoms with E-state index in [1.165, 1.54) is 19.2 Å². The van der Waals surface area contributed by atoms with Crippen molar-refractivity contribution in [2.24, 2.45) is 0 Å². The van der Waals surface area contributed by atoms with Crippen LogP contribution in [0.2, 0.25) is 5.02 Å². The zero-order chi connectivity index (χ0) is 18.6. The molecule has 2 aromatic carbocycles. The zero-order valence-corrected chi connectivity index (χ0v) is 13.6. The number of esters is 1. The van der Waals surface area contributed by atoms with Crippen LogP contribution in [0.5, 0.6) is 5.75 Å². The van der Waals surface area contributed by atoms with Crippen LogP contribution >= 0.6 is 11.6 Å². The average molecular weight is 368 g/mol. The molecule has 0 unspecified atom stereocenters. The van der Waals surface area contributed by atoms with Gasteiger partial charge in [-0.05, 0) is 30.3 Å². The molecule has 0 radical (unpaired) electrons. The van der Waals surface area contributed by atoms with Crippen LogP contribution in [0.3, 0.4) is 0 Å². The van der Waals surface area contributed by atoms with E-state index in [4.69, 9.17) is 21.1 Å². The first-order valence-electron chi connectivity index (χ1n) is 6.81. The van der Waals surface area contributed by atoms with E-state index < -0.39 is 34.8 Å². The van der Waals surface area contributed by atoms with E-state index in [9.17, 15) is 24.1 Å². The van der Waals surface area contributed by atoms with E-state index >= 15 is 0 Å². The van der Waals surface area contributed by atoms with Crippen LogP contribution < -0.4 is 4.74 Å². The van der Waals surface area contributed by atoms with Crippen LogP contribution in [-0.4, -0.2) is 30.4 Å². The summed E-state index contributed by atoms with van der Waals surface area (Å²) < 4.78 is 23.0. The molecule has 2 aromatic rings. The molecule has 0 atom stereocenters. The molecule has 9 heteroatoms. The van der Waals surface area contributed by atoms with Gasteiger partial charge in [-0.15, -0.1) is 0 Å². The van der Waals surface area contributed by atoms with E-state index in [1.807, 2.05) is 0 Å². The van der Waals surface area contributed by atoms with Crippen LogP contribution in [-0.2, 0) is 4.74 Å². The summed E-state index contributed by atoms with van der Waals surface area (Å²) in [5.74, 6) is -2.35. The molecule has 130 valence electrons. The predicted molar refractivity (Wildman–Crippen MR) is 85.7 cm³/mol. The second-order valence-electron chi connectivity index (χ2n) is 4.76. The minimum absolute atomic E-state index is 0.0730. The summed E-state index contributed by atoms with van der Waals surface area (Å²) in [7, 11) is 1.30. The standard InChI is InChI=1S/C16H11ClFNO6/c1-24-15-5-3-10(18)7-12(15)14(20)8-25-16(21)11-4-2-9(17)6-13(11)19(22)23/h2-7H,8H2,1H3. The van der Waals surface area contributed by atoms with Gasteiger partial charge in [0.15, 0.2) is 6.61 Å². The highest BCUT2D eigenvalue weighted by molar-refractivity contribution is 6.31. The molecule has 0 fully saturated rings. The summed E-state index contributed by atoms with van der Waals surface area (Å²) in [6.45, 7) is -0.738. The van der Waals surface area contributed by atoms with Gasteiger partial charge in [0.2, 0.25) is 5.78 Å². The van der Waals surface area contributed by atoms with Gasteiger partial charge in [-0.2, -0.15) is 0 Å². The van der Waals surface area contributed by atoms with Gasteiger partial charge in [-0.1, -0.05) is 11.6 Å². The Hall–Kier alpha value is -3.00. The van der Waals surface area contributed by atoms with E-state index in [0.29, 0.717) is 0 Å². The van der Waals surface area contributed by atoms with Crippen molar-refractivity contribution in [2.45, 2.75) is 0 Å². The van der Waals surface area contributed by atoms with Crippen LogP contribution in [0.1, 0.15) is 20.7 Å².